The zero-order valence-corrected chi connectivity index (χ0v) is 21.4. The van der Waals surface area contributed by atoms with Gasteiger partial charge in [0.1, 0.15) is 0 Å². The Morgan fingerprint density at radius 1 is 0.676 bits per heavy atom. The van der Waals surface area contributed by atoms with Gasteiger partial charge in [0.15, 0.2) is 11.6 Å². The monoisotopic (exact) mass is 470 g/mol. The Hall–Kier alpha value is -1.84. The van der Waals surface area contributed by atoms with Crippen molar-refractivity contribution < 1.29 is 8.78 Å². The van der Waals surface area contributed by atoms with Gasteiger partial charge in [0, 0.05) is 5.56 Å². The molecule has 0 unspecified atom stereocenters. The highest BCUT2D eigenvalue weighted by molar-refractivity contribution is 5.60. The van der Waals surface area contributed by atoms with Crippen molar-refractivity contribution in [3.63, 3.8) is 0 Å². The molecule has 0 saturated heterocycles. The first-order chi connectivity index (χ1) is 16.6. The Kier molecular flexibility index (Phi) is 11.4. The average Bonchev–Trinajstić information content (AvgIpc) is 2.86. The summed E-state index contributed by atoms with van der Waals surface area (Å²) >= 11 is 0. The standard InChI is InChI=1S/C30H44F2N2/c1-3-5-7-8-10-12-26-20-22-28(34-33-26)27-21-19-25(29(31)30(27)32)18-17-24-15-13-23(14-16-24)11-9-6-4-2/h19-24H,3-18H2,1-2H3. The third kappa shape index (κ3) is 8.13. The van der Waals surface area contributed by atoms with Crippen molar-refractivity contribution in [2.75, 3.05) is 0 Å². The summed E-state index contributed by atoms with van der Waals surface area (Å²) in [5, 5.41) is 8.45. The van der Waals surface area contributed by atoms with Gasteiger partial charge in [-0.2, -0.15) is 10.2 Å². The number of aromatic nitrogens is 2. The van der Waals surface area contributed by atoms with Crippen molar-refractivity contribution >= 4 is 0 Å². The number of hydrogen-bond acceptors (Lipinski definition) is 2. The van der Waals surface area contributed by atoms with Crippen molar-refractivity contribution in [3.8, 4) is 11.3 Å². The molecule has 2 nitrogen and oxygen atoms in total. The highest BCUT2D eigenvalue weighted by atomic mass is 19.2. The van der Waals surface area contributed by atoms with Crippen molar-refractivity contribution in [1.29, 1.82) is 0 Å². The molecule has 1 aliphatic carbocycles. The molecule has 0 spiro atoms. The molecule has 1 saturated carbocycles. The molecule has 1 aliphatic rings. The normalized spacial score (nSPS) is 18.4. The summed E-state index contributed by atoms with van der Waals surface area (Å²) in [6, 6.07) is 7.08. The maximum Gasteiger partial charge on any atom is 0.168 e. The van der Waals surface area contributed by atoms with Gasteiger partial charge in [0.05, 0.1) is 11.4 Å². The van der Waals surface area contributed by atoms with E-state index in [4.69, 9.17) is 0 Å². The van der Waals surface area contributed by atoms with Crippen LogP contribution in [0.1, 0.15) is 115 Å². The average molecular weight is 471 g/mol. The molecular formula is C30H44F2N2. The van der Waals surface area contributed by atoms with Gasteiger partial charge in [0.25, 0.3) is 0 Å². The Morgan fingerprint density at radius 3 is 2.03 bits per heavy atom. The SMILES string of the molecule is CCCCCCCc1ccc(-c2ccc(CCC3CCC(CCCCC)CC3)c(F)c2F)nn1. The first-order valence-corrected chi connectivity index (χ1v) is 13.9. The summed E-state index contributed by atoms with van der Waals surface area (Å²) in [5.74, 6) is 0.0149. The van der Waals surface area contributed by atoms with Gasteiger partial charge >= 0.3 is 0 Å². The van der Waals surface area contributed by atoms with Gasteiger partial charge in [0.2, 0.25) is 0 Å². The van der Waals surface area contributed by atoms with Gasteiger partial charge in [-0.25, -0.2) is 8.78 Å². The second kappa shape index (κ2) is 14.5. The number of nitrogens with zero attached hydrogens (tertiary/aromatic N) is 2. The summed E-state index contributed by atoms with van der Waals surface area (Å²) in [5.41, 5.74) is 2.01. The van der Waals surface area contributed by atoms with Gasteiger partial charge in [-0.1, -0.05) is 97.0 Å². The number of benzene rings is 1. The van der Waals surface area contributed by atoms with E-state index in [0.29, 0.717) is 23.6 Å². The van der Waals surface area contributed by atoms with E-state index in [1.165, 1.54) is 77.0 Å². The van der Waals surface area contributed by atoms with Crippen molar-refractivity contribution in [3.05, 3.63) is 47.2 Å². The van der Waals surface area contributed by atoms with Crippen molar-refractivity contribution in [1.82, 2.24) is 10.2 Å². The topological polar surface area (TPSA) is 25.8 Å². The zero-order chi connectivity index (χ0) is 24.2. The highest BCUT2D eigenvalue weighted by Gasteiger charge is 2.22. The Labute approximate surface area is 206 Å². The fourth-order valence-corrected chi connectivity index (χ4v) is 5.38. The largest absolute Gasteiger partial charge is 0.203 e. The first-order valence-electron chi connectivity index (χ1n) is 13.9. The van der Waals surface area contributed by atoms with E-state index in [2.05, 4.69) is 24.0 Å². The second-order valence-electron chi connectivity index (χ2n) is 10.4. The van der Waals surface area contributed by atoms with Crippen LogP contribution in [0.25, 0.3) is 11.3 Å². The number of aryl methyl sites for hydroxylation is 2. The Bertz CT molecular complexity index is 842. The van der Waals surface area contributed by atoms with E-state index in [1.54, 1.807) is 18.2 Å². The molecule has 188 valence electrons. The van der Waals surface area contributed by atoms with Crippen LogP contribution in [0.5, 0.6) is 0 Å². The van der Waals surface area contributed by atoms with Crippen molar-refractivity contribution in [2.45, 2.75) is 117 Å². The van der Waals surface area contributed by atoms with Crippen LogP contribution in [0.3, 0.4) is 0 Å². The molecule has 0 N–H and O–H groups in total. The summed E-state index contributed by atoms with van der Waals surface area (Å²) in [6.45, 7) is 4.46. The number of halogens is 2. The smallest absolute Gasteiger partial charge is 0.168 e. The molecule has 0 radical (unpaired) electrons. The minimum Gasteiger partial charge on any atom is -0.203 e. The maximum absolute atomic E-state index is 14.9. The van der Waals surface area contributed by atoms with Crippen LogP contribution in [-0.2, 0) is 12.8 Å². The lowest BCUT2D eigenvalue weighted by Gasteiger charge is -2.28. The maximum atomic E-state index is 14.9. The molecular weight excluding hydrogens is 426 g/mol. The molecule has 1 fully saturated rings. The van der Waals surface area contributed by atoms with Crippen LogP contribution in [0.4, 0.5) is 8.78 Å². The Balaban J connectivity index is 1.49. The van der Waals surface area contributed by atoms with Crippen LogP contribution in [0.2, 0.25) is 0 Å². The molecule has 0 aliphatic heterocycles. The molecule has 4 heteroatoms. The van der Waals surface area contributed by atoms with Crippen LogP contribution >= 0.6 is 0 Å². The van der Waals surface area contributed by atoms with Gasteiger partial charge in [-0.05, 0) is 61.3 Å². The number of hydrogen-bond donors (Lipinski definition) is 0. The third-order valence-electron chi connectivity index (χ3n) is 7.70. The number of rotatable bonds is 14. The lowest BCUT2D eigenvalue weighted by Crippen LogP contribution is -2.15. The summed E-state index contributed by atoms with van der Waals surface area (Å²) in [4.78, 5) is 0. The van der Waals surface area contributed by atoms with Crippen LogP contribution in [-0.4, -0.2) is 10.2 Å². The highest BCUT2D eigenvalue weighted by Crippen LogP contribution is 2.35. The third-order valence-corrected chi connectivity index (χ3v) is 7.70. The molecule has 1 aromatic heterocycles. The lowest BCUT2D eigenvalue weighted by molar-refractivity contribution is 0.248. The quantitative estimate of drug-likeness (QED) is 0.257. The molecule has 1 heterocycles. The van der Waals surface area contributed by atoms with Crippen molar-refractivity contribution in [2.24, 2.45) is 11.8 Å². The van der Waals surface area contributed by atoms with Gasteiger partial charge in [-0.15, -0.1) is 0 Å². The van der Waals surface area contributed by atoms with Crippen LogP contribution in [0.15, 0.2) is 24.3 Å². The second-order valence-corrected chi connectivity index (χ2v) is 10.4. The van der Waals surface area contributed by atoms with Crippen LogP contribution in [0, 0.1) is 23.5 Å². The molecule has 1 aromatic carbocycles. The van der Waals surface area contributed by atoms with E-state index < -0.39 is 11.6 Å². The van der Waals surface area contributed by atoms with E-state index in [1.807, 2.05) is 6.07 Å². The molecule has 3 rings (SSSR count). The van der Waals surface area contributed by atoms with E-state index in [-0.39, 0.29) is 5.56 Å². The summed E-state index contributed by atoms with van der Waals surface area (Å²) in [7, 11) is 0. The minimum absolute atomic E-state index is 0.204. The minimum atomic E-state index is -0.793. The molecule has 0 bridgehead atoms. The number of unbranched alkanes of at least 4 members (excludes halogenated alkanes) is 6. The lowest BCUT2D eigenvalue weighted by atomic mass is 9.77. The Morgan fingerprint density at radius 2 is 1.35 bits per heavy atom. The predicted octanol–water partition coefficient (Wildman–Crippen LogP) is 9.25. The fourth-order valence-electron chi connectivity index (χ4n) is 5.38. The van der Waals surface area contributed by atoms with Crippen LogP contribution < -0.4 is 0 Å². The predicted molar refractivity (Wildman–Crippen MR) is 138 cm³/mol. The van der Waals surface area contributed by atoms with E-state index in [0.717, 1.165) is 30.9 Å². The molecule has 0 amide bonds. The summed E-state index contributed by atoms with van der Waals surface area (Å²) in [6.07, 6.45) is 18.9. The van der Waals surface area contributed by atoms with Gasteiger partial charge < -0.3 is 0 Å². The molecule has 2 aromatic rings. The first kappa shape index (κ1) is 26.8. The molecule has 34 heavy (non-hydrogen) atoms. The molecule has 0 atom stereocenters. The zero-order valence-electron chi connectivity index (χ0n) is 21.4. The summed E-state index contributed by atoms with van der Waals surface area (Å²) < 4.78 is 29.8. The van der Waals surface area contributed by atoms with E-state index in [9.17, 15) is 8.78 Å². The van der Waals surface area contributed by atoms with Gasteiger partial charge in [-0.3, -0.25) is 0 Å². The van der Waals surface area contributed by atoms with E-state index >= 15 is 0 Å². The fraction of sp³-hybridized carbons (Fsp3) is 0.667.